The van der Waals surface area contributed by atoms with Gasteiger partial charge in [-0.05, 0) is 6.08 Å². The van der Waals surface area contributed by atoms with Gasteiger partial charge >= 0.3 is 29.6 Å². The molecule has 0 aliphatic carbocycles. The number of likely N-dealkylation sites (N-methyl/N-ethyl adjacent to an activating group) is 1. The summed E-state index contributed by atoms with van der Waals surface area (Å²) in [5.74, 6) is -0.157. The van der Waals surface area contributed by atoms with Crippen LogP contribution < -0.4 is 34.9 Å². The number of carbonyl (C=O) groups is 1. The maximum atomic E-state index is 10.1. The minimum Gasteiger partial charge on any atom is -0.787 e. The zero-order chi connectivity index (χ0) is 5.70. The minimum absolute atomic E-state index is 0. The average Bonchev–Trinajstić information content (AvgIpc) is 1.68. The van der Waals surface area contributed by atoms with Gasteiger partial charge < -0.3 is 17.9 Å². The van der Waals surface area contributed by atoms with Crippen LogP contribution in [0.25, 0.3) is 0 Å². The molecule has 0 fully saturated rings. The predicted molar refractivity (Wildman–Crippen MR) is 30.6 cm³/mol. The molecule has 0 aliphatic heterocycles. The molecule has 4 heteroatoms. The molecule has 0 rings (SSSR count). The molecule has 0 aromatic heterocycles. The van der Waals surface area contributed by atoms with Gasteiger partial charge in [-0.1, -0.05) is 0 Å². The van der Waals surface area contributed by atoms with E-state index in [4.69, 9.17) is 0 Å². The van der Waals surface area contributed by atoms with Crippen molar-refractivity contribution in [3.05, 3.63) is 11.5 Å². The number of nitrogens with one attached hydrogen (secondary N) is 1. The van der Waals surface area contributed by atoms with Crippen molar-refractivity contribution in [2.75, 3.05) is 7.05 Å². The molecule has 2 nitrogen and oxygen atoms in total. The van der Waals surface area contributed by atoms with Crippen LogP contribution in [0.5, 0.6) is 0 Å². The Morgan fingerprint density at radius 2 is 2.25 bits per heavy atom. The van der Waals surface area contributed by atoms with Gasteiger partial charge in [0, 0.05) is 7.05 Å². The van der Waals surface area contributed by atoms with Crippen LogP contribution in [0.15, 0.2) is 11.5 Å². The second-order valence-corrected chi connectivity index (χ2v) is 1.19. The molecule has 1 amide bonds. The normalized spacial score (nSPS) is 8.12. The molecule has 0 unspecified atom stereocenters. The van der Waals surface area contributed by atoms with Gasteiger partial charge in [0.05, 0.1) is 0 Å². The first-order chi connectivity index (χ1) is 3.31. The fraction of sp³-hybridized carbons (Fsp3) is 0.250. The van der Waals surface area contributed by atoms with Crippen molar-refractivity contribution in [3.63, 3.8) is 0 Å². The monoisotopic (exact) mass is 139 g/mol. The van der Waals surface area contributed by atoms with Crippen LogP contribution in [-0.4, -0.2) is 13.0 Å². The summed E-state index contributed by atoms with van der Waals surface area (Å²) in [6.07, 6.45) is 1.29. The molecular weight excluding hydrogens is 133 g/mol. The van der Waals surface area contributed by atoms with Crippen molar-refractivity contribution < 1.29 is 34.4 Å². The number of carbonyl (C=O) groups excluding carboxylic acids is 1. The van der Waals surface area contributed by atoms with Gasteiger partial charge in [-0.3, -0.25) is 4.79 Å². The van der Waals surface area contributed by atoms with Crippen LogP contribution in [0, 0.1) is 0 Å². The van der Waals surface area contributed by atoms with Gasteiger partial charge in [0.1, 0.15) is 0 Å². The number of amides is 1. The van der Waals surface area contributed by atoms with Gasteiger partial charge in [0.2, 0.25) is 5.91 Å². The smallest absolute Gasteiger partial charge is 0.787 e. The Morgan fingerprint density at radius 3 is 2.38 bits per heavy atom. The maximum absolute atomic E-state index is 10.1. The van der Waals surface area contributed by atoms with Gasteiger partial charge in [-0.25, -0.2) is 5.41 Å². The summed E-state index contributed by atoms with van der Waals surface area (Å²) < 4.78 is 0. The molecule has 0 saturated heterocycles. The molecule has 0 atom stereocenters. The van der Waals surface area contributed by atoms with E-state index in [1.54, 1.807) is 7.05 Å². The third-order valence-corrected chi connectivity index (χ3v) is 0.602. The summed E-state index contributed by atoms with van der Waals surface area (Å²) in [4.78, 5) is 10.1. The Hall–Kier alpha value is 0.430. The fourth-order valence-electron chi connectivity index (χ4n) is 0.145. The van der Waals surface area contributed by atoms with Crippen molar-refractivity contribution in [1.29, 1.82) is 0 Å². The van der Waals surface area contributed by atoms with E-state index in [1.165, 1.54) is 11.5 Å². The maximum Gasteiger partial charge on any atom is 1.00 e. The molecule has 8 heavy (non-hydrogen) atoms. The summed E-state index contributed by atoms with van der Waals surface area (Å²) in [6, 6.07) is 0. The van der Waals surface area contributed by atoms with E-state index in [-0.39, 0.29) is 35.5 Å². The average molecular weight is 139 g/mol. The summed E-state index contributed by atoms with van der Waals surface area (Å²) in [7, 11) is 1.55. The second kappa shape index (κ2) is 7.43. The summed E-state index contributed by atoms with van der Waals surface area (Å²) in [6.45, 7) is 0. The van der Waals surface area contributed by atoms with E-state index in [1.807, 2.05) is 0 Å². The van der Waals surface area contributed by atoms with Crippen LogP contribution in [0.2, 0.25) is 0 Å². The molecule has 0 saturated carbocycles. The first-order valence-corrected chi connectivity index (χ1v) is 2.28. The third-order valence-electron chi connectivity index (χ3n) is 0.466. The van der Waals surface area contributed by atoms with Crippen molar-refractivity contribution in [2.45, 2.75) is 0 Å². The van der Waals surface area contributed by atoms with Crippen molar-refractivity contribution in [1.82, 2.24) is 5.32 Å². The van der Waals surface area contributed by atoms with E-state index in [2.05, 4.69) is 17.9 Å². The Labute approximate surface area is 76.4 Å². The van der Waals surface area contributed by atoms with Crippen molar-refractivity contribution in [3.8, 4) is 0 Å². The second-order valence-electron chi connectivity index (χ2n) is 0.917. The standard InChI is InChI=1S/C4H7NOS.Na/c1-5-4(6)2-3-7;/h2-3,7H,1H3,(H,5,6);/q;+1/p-1/b3-2+;. The van der Waals surface area contributed by atoms with E-state index in [0.717, 1.165) is 0 Å². The summed E-state index contributed by atoms with van der Waals surface area (Å²) >= 11 is 4.35. The molecule has 0 radical (unpaired) electrons. The van der Waals surface area contributed by atoms with Crippen LogP contribution >= 0.6 is 0 Å². The molecule has 0 spiro atoms. The molecule has 40 valence electrons. The van der Waals surface area contributed by atoms with Gasteiger partial charge in [-0.15, -0.1) is 0 Å². The molecule has 0 aromatic carbocycles. The predicted octanol–water partition coefficient (Wildman–Crippen LogP) is -3.20. The van der Waals surface area contributed by atoms with Gasteiger partial charge in [-0.2, -0.15) is 0 Å². The number of rotatable bonds is 1. The first kappa shape index (κ1) is 11.3. The SMILES string of the molecule is CNC(=O)/C=C/[S-].[Na+]. The molecule has 1 N–H and O–H groups in total. The summed E-state index contributed by atoms with van der Waals surface area (Å²) in [5, 5.41) is 3.65. The molecule has 0 heterocycles. The Kier molecular flexibility index (Phi) is 10.5. The van der Waals surface area contributed by atoms with E-state index in [9.17, 15) is 4.79 Å². The Bertz CT molecular complexity index is 94.0. The molecule has 0 aliphatic rings. The molecule has 0 bridgehead atoms. The Morgan fingerprint density at radius 1 is 1.75 bits per heavy atom. The first-order valence-electron chi connectivity index (χ1n) is 1.81. The zero-order valence-electron chi connectivity index (χ0n) is 4.97. The van der Waals surface area contributed by atoms with Gasteiger partial charge in [0.25, 0.3) is 0 Å². The van der Waals surface area contributed by atoms with Crippen LogP contribution in [0.3, 0.4) is 0 Å². The fourth-order valence-corrected chi connectivity index (χ4v) is 0.269. The molecule has 0 aromatic rings. The van der Waals surface area contributed by atoms with Crippen LogP contribution in [0.4, 0.5) is 0 Å². The van der Waals surface area contributed by atoms with E-state index >= 15 is 0 Å². The Balaban J connectivity index is 0. The topological polar surface area (TPSA) is 29.1 Å². The van der Waals surface area contributed by atoms with Crippen molar-refractivity contribution >= 4 is 18.5 Å². The van der Waals surface area contributed by atoms with E-state index in [0.29, 0.717) is 0 Å². The summed E-state index contributed by atoms with van der Waals surface area (Å²) in [5.41, 5.74) is 0. The quantitative estimate of drug-likeness (QED) is 0.235. The zero-order valence-corrected chi connectivity index (χ0v) is 7.79. The van der Waals surface area contributed by atoms with Crippen LogP contribution in [0.1, 0.15) is 0 Å². The van der Waals surface area contributed by atoms with Crippen molar-refractivity contribution in [2.24, 2.45) is 0 Å². The minimum atomic E-state index is -0.157. The third kappa shape index (κ3) is 6.43. The number of hydrogen-bond acceptors (Lipinski definition) is 2. The largest absolute Gasteiger partial charge is 1.00 e. The number of hydrogen-bond donors (Lipinski definition) is 1. The molecular formula is C4H6NNaOS. The van der Waals surface area contributed by atoms with E-state index < -0.39 is 0 Å². The van der Waals surface area contributed by atoms with Crippen LogP contribution in [-0.2, 0) is 17.4 Å². The van der Waals surface area contributed by atoms with Gasteiger partial charge in [0.15, 0.2) is 0 Å².